The fraction of sp³-hybridized carbons (Fsp3) is 0.500. The van der Waals surface area contributed by atoms with Gasteiger partial charge in [0.05, 0.1) is 50.8 Å². The van der Waals surface area contributed by atoms with E-state index in [9.17, 15) is 9.59 Å². The van der Waals surface area contributed by atoms with Gasteiger partial charge in [-0.1, -0.05) is 26.7 Å². The number of unbranched alkanes of at least 4 members (excludes halogenated alkanes) is 2. The number of hydrogen-bond donors (Lipinski definition) is 0. The summed E-state index contributed by atoms with van der Waals surface area (Å²) in [5, 5.41) is 0. The van der Waals surface area contributed by atoms with E-state index < -0.39 is 0 Å². The minimum Gasteiger partial charge on any atom is -0.491 e. The van der Waals surface area contributed by atoms with Crippen molar-refractivity contribution in [2.24, 2.45) is 0 Å². The Morgan fingerprint density at radius 1 is 0.528 bits per heavy atom. The molecule has 0 aliphatic heterocycles. The zero-order valence-electron chi connectivity index (χ0n) is 21.4. The molecule has 8 nitrogen and oxygen atoms in total. The second-order valence-electron chi connectivity index (χ2n) is 7.95. The van der Waals surface area contributed by atoms with Gasteiger partial charge in [0.25, 0.3) is 0 Å². The van der Waals surface area contributed by atoms with Crippen molar-refractivity contribution in [3.05, 3.63) is 59.7 Å². The summed E-state index contributed by atoms with van der Waals surface area (Å²) in [7, 11) is 0. The first-order chi connectivity index (χ1) is 17.6. The molecule has 198 valence electrons. The molecular weight excluding hydrogens is 464 g/mol. The van der Waals surface area contributed by atoms with Gasteiger partial charge >= 0.3 is 11.9 Å². The summed E-state index contributed by atoms with van der Waals surface area (Å²) in [6.07, 6.45) is 3.69. The topological polar surface area (TPSA) is 89.5 Å². The van der Waals surface area contributed by atoms with E-state index in [1.807, 2.05) is 13.8 Å². The maximum atomic E-state index is 11.9. The number of hydrogen-bond acceptors (Lipinski definition) is 8. The first-order valence-electron chi connectivity index (χ1n) is 12.6. The van der Waals surface area contributed by atoms with Crippen LogP contribution in [-0.4, -0.2) is 64.8 Å². The summed E-state index contributed by atoms with van der Waals surface area (Å²) in [5.41, 5.74) is 1.02. The fourth-order valence-corrected chi connectivity index (χ4v) is 2.92. The largest absolute Gasteiger partial charge is 0.491 e. The average Bonchev–Trinajstić information content (AvgIpc) is 2.90. The zero-order chi connectivity index (χ0) is 25.8. The highest BCUT2D eigenvalue weighted by Crippen LogP contribution is 2.14. The summed E-state index contributed by atoms with van der Waals surface area (Å²) in [4.78, 5) is 23.8. The SMILES string of the molecule is CCCCOC(=O)c1ccc(OCCOCCOCCOc2ccc(C(=O)OCCCC)cc2)cc1. The van der Waals surface area contributed by atoms with Crippen LogP contribution in [0.3, 0.4) is 0 Å². The Hall–Kier alpha value is -3.10. The van der Waals surface area contributed by atoms with E-state index in [-0.39, 0.29) is 11.9 Å². The van der Waals surface area contributed by atoms with Crippen LogP contribution in [0.5, 0.6) is 11.5 Å². The molecule has 0 atom stereocenters. The molecule has 36 heavy (non-hydrogen) atoms. The van der Waals surface area contributed by atoms with Gasteiger partial charge in [-0.15, -0.1) is 0 Å². The number of rotatable bonds is 19. The highest BCUT2D eigenvalue weighted by Gasteiger charge is 2.08. The van der Waals surface area contributed by atoms with Gasteiger partial charge in [-0.2, -0.15) is 0 Å². The molecule has 8 heteroatoms. The third-order valence-corrected chi connectivity index (χ3v) is 5.01. The van der Waals surface area contributed by atoms with Crippen molar-refractivity contribution in [2.75, 3.05) is 52.9 Å². The number of carbonyl (C=O) groups excluding carboxylic acids is 2. The number of ether oxygens (including phenoxy) is 6. The quantitative estimate of drug-likeness (QED) is 0.194. The monoisotopic (exact) mass is 502 g/mol. The van der Waals surface area contributed by atoms with Crippen molar-refractivity contribution in [1.82, 2.24) is 0 Å². The number of carbonyl (C=O) groups is 2. The molecule has 0 radical (unpaired) electrons. The third kappa shape index (κ3) is 12.0. The highest BCUT2D eigenvalue weighted by atomic mass is 16.6. The van der Waals surface area contributed by atoms with E-state index >= 15 is 0 Å². The molecule has 0 aliphatic rings. The molecule has 0 spiro atoms. The lowest BCUT2D eigenvalue weighted by molar-refractivity contribution is 0.0273. The first kappa shape index (κ1) is 29.1. The van der Waals surface area contributed by atoms with Crippen molar-refractivity contribution < 1.29 is 38.0 Å². The van der Waals surface area contributed by atoms with Crippen molar-refractivity contribution in [2.45, 2.75) is 39.5 Å². The Morgan fingerprint density at radius 2 is 0.889 bits per heavy atom. The van der Waals surface area contributed by atoms with Crippen LogP contribution < -0.4 is 9.47 Å². The third-order valence-electron chi connectivity index (χ3n) is 5.01. The van der Waals surface area contributed by atoms with Gasteiger partial charge in [0.2, 0.25) is 0 Å². The molecular formula is C28H38O8. The van der Waals surface area contributed by atoms with Gasteiger partial charge in [-0.25, -0.2) is 9.59 Å². The Labute approximate surface area is 213 Å². The second kappa shape index (κ2) is 18.2. The molecule has 0 N–H and O–H groups in total. The van der Waals surface area contributed by atoms with Gasteiger partial charge in [0, 0.05) is 0 Å². The fourth-order valence-electron chi connectivity index (χ4n) is 2.92. The van der Waals surface area contributed by atoms with Crippen LogP contribution in [0.15, 0.2) is 48.5 Å². The summed E-state index contributed by atoms with van der Waals surface area (Å²) in [5.74, 6) is 0.694. The first-order valence-corrected chi connectivity index (χ1v) is 12.6. The summed E-state index contributed by atoms with van der Waals surface area (Å²) in [6, 6.07) is 13.7. The molecule has 0 heterocycles. The van der Waals surface area contributed by atoms with Crippen LogP contribution in [0.2, 0.25) is 0 Å². The van der Waals surface area contributed by atoms with Crippen molar-refractivity contribution in [3.63, 3.8) is 0 Å². The number of benzene rings is 2. The van der Waals surface area contributed by atoms with Crippen molar-refractivity contribution in [1.29, 1.82) is 0 Å². The van der Waals surface area contributed by atoms with Gasteiger partial charge in [0.15, 0.2) is 0 Å². The van der Waals surface area contributed by atoms with Crippen LogP contribution >= 0.6 is 0 Å². The molecule has 0 amide bonds. The van der Waals surface area contributed by atoms with E-state index in [0.29, 0.717) is 75.5 Å². The standard InChI is InChI=1S/C28H38O8/c1-3-5-15-35-27(29)23-7-11-25(12-8-23)33-21-19-31-17-18-32-20-22-34-26-13-9-24(10-14-26)28(30)36-16-6-4-2/h7-14H,3-6,15-22H2,1-2H3. The molecule has 0 saturated carbocycles. The van der Waals surface area contributed by atoms with E-state index in [1.165, 1.54) is 0 Å². The molecule has 2 rings (SSSR count). The highest BCUT2D eigenvalue weighted by molar-refractivity contribution is 5.90. The molecule has 0 aromatic heterocycles. The zero-order valence-corrected chi connectivity index (χ0v) is 21.4. The van der Waals surface area contributed by atoms with Crippen LogP contribution in [-0.2, 0) is 18.9 Å². The Bertz CT molecular complexity index is 791. The minimum atomic E-state index is -0.318. The molecule has 0 saturated heterocycles. The molecule has 0 unspecified atom stereocenters. The van der Waals surface area contributed by atoms with Crippen molar-refractivity contribution in [3.8, 4) is 11.5 Å². The van der Waals surface area contributed by atoms with Crippen molar-refractivity contribution >= 4 is 11.9 Å². The minimum absolute atomic E-state index is 0.318. The molecule has 0 bridgehead atoms. The number of esters is 2. The van der Waals surface area contributed by atoms with Gasteiger partial charge in [0.1, 0.15) is 24.7 Å². The average molecular weight is 503 g/mol. The summed E-state index contributed by atoms with van der Waals surface area (Å²) < 4.78 is 32.6. The van der Waals surface area contributed by atoms with E-state index in [0.717, 1.165) is 25.7 Å². The van der Waals surface area contributed by atoms with E-state index in [4.69, 9.17) is 28.4 Å². The Balaban J connectivity index is 1.46. The van der Waals surface area contributed by atoms with Crippen LogP contribution in [0, 0.1) is 0 Å². The van der Waals surface area contributed by atoms with E-state index in [1.54, 1.807) is 48.5 Å². The molecule has 2 aromatic rings. The van der Waals surface area contributed by atoms with Crippen LogP contribution in [0.25, 0.3) is 0 Å². The van der Waals surface area contributed by atoms with Gasteiger partial charge in [-0.3, -0.25) is 0 Å². The van der Waals surface area contributed by atoms with Gasteiger partial charge in [-0.05, 0) is 61.4 Å². The predicted octanol–water partition coefficient (Wildman–Crippen LogP) is 5.09. The Morgan fingerprint density at radius 3 is 1.25 bits per heavy atom. The molecule has 0 aliphatic carbocycles. The lowest BCUT2D eigenvalue weighted by Crippen LogP contribution is -2.13. The lowest BCUT2D eigenvalue weighted by Gasteiger charge is -2.09. The molecule has 0 fully saturated rings. The predicted molar refractivity (Wildman–Crippen MR) is 136 cm³/mol. The molecule has 2 aromatic carbocycles. The summed E-state index contributed by atoms with van der Waals surface area (Å²) in [6.45, 7) is 7.50. The van der Waals surface area contributed by atoms with E-state index in [2.05, 4.69) is 0 Å². The van der Waals surface area contributed by atoms with Gasteiger partial charge < -0.3 is 28.4 Å². The summed E-state index contributed by atoms with van der Waals surface area (Å²) >= 11 is 0. The Kier molecular flexibility index (Phi) is 14.7. The van der Waals surface area contributed by atoms with Crippen LogP contribution in [0.1, 0.15) is 60.2 Å². The second-order valence-corrected chi connectivity index (χ2v) is 7.95. The maximum Gasteiger partial charge on any atom is 0.338 e. The maximum absolute atomic E-state index is 11.9. The lowest BCUT2D eigenvalue weighted by atomic mass is 10.2. The normalized spacial score (nSPS) is 10.6. The van der Waals surface area contributed by atoms with Crippen LogP contribution in [0.4, 0.5) is 0 Å². The smallest absolute Gasteiger partial charge is 0.338 e.